The van der Waals surface area contributed by atoms with Crippen LogP contribution in [0.15, 0.2) is 36.5 Å². The van der Waals surface area contributed by atoms with Gasteiger partial charge < -0.3 is 15.1 Å². The minimum absolute atomic E-state index is 0.104. The number of rotatable bonds is 3. The number of carbonyl (C=O) groups is 1. The number of H-pyrrole nitrogens is 1. The number of aryl methyl sites for hydroxylation is 1. The highest BCUT2D eigenvalue weighted by molar-refractivity contribution is 6.11. The normalized spacial score (nSPS) is 16.8. The zero-order chi connectivity index (χ0) is 25.7. The van der Waals surface area contributed by atoms with Crippen LogP contribution >= 0.6 is 0 Å². The van der Waals surface area contributed by atoms with Gasteiger partial charge in [0.2, 0.25) is 0 Å². The maximum atomic E-state index is 14.1. The summed E-state index contributed by atoms with van der Waals surface area (Å²) >= 11 is 0. The Morgan fingerprint density at radius 2 is 1.78 bits per heavy atom. The monoisotopic (exact) mass is 508 g/mol. The van der Waals surface area contributed by atoms with Crippen LogP contribution in [0, 0.1) is 0 Å². The molecule has 7 nitrogen and oxygen atoms in total. The maximum absolute atomic E-state index is 14.1. The summed E-state index contributed by atoms with van der Waals surface area (Å²) < 4.78 is 42.2. The molecule has 4 aromatic rings. The Morgan fingerprint density at radius 3 is 2.54 bits per heavy atom. The van der Waals surface area contributed by atoms with E-state index in [1.807, 2.05) is 19.2 Å². The van der Waals surface area contributed by atoms with E-state index in [1.54, 1.807) is 17.2 Å². The number of nitrogens with one attached hydrogen (secondary N) is 2. The van der Waals surface area contributed by atoms with Gasteiger partial charge in [0.15, 0.2) is 0 Å². The van der Waals surface area contributed by atoms with Crippen LogP contribution < -0.4 is 10.2 Å². The fourth-order valence-electron chi connectivity index (χ4n) is 5.59. The van der Waals surface area contributed by atoms with Gasteiger partial charge in [-0.2, -0.15) is 18.3 Å². The number of pyridine rings is 1. The molecule has 37 heavy (non-hydrogen) atoms. The summed E-state index contributed by atoms with van der Waals surface area (Å²) in [4.78, 5) is 22.0. The molecule has 1 saturated heterocycles. The van der Waals surface area contributed by atoms with Crippen molar-refractivity contribution in [3.63, 3.8) is 0 Å². The van der Waals surface area contributed by atoms with Crippen LogP contribution in [0.25, 0.3) is 21.8 Å². The number of nitrogens with zero attached hydrogens (tertiary/aromatic N) is 4. The Hall–Kier alpha value is -3.66. The van der Waals surface area contributed by atoms with Gasteiger partial charge in [0.05, 0.1) is 22.8 Å². The van der Waals surface area contributed by atoms with Crippen molar-refractivity contribution in [2.24, 2.45) is 0 Å². The number of piperazine rings is 1. The van der Waals surface area contributed by atoms with E-state index >= 15 is 0 Å². The van der Waals surface area contributed by atoms with Crippen molar-refractivity contribution in [1.29, 1.82) is 0 Å². The zero-order valence-corrected chi connectivity index (χ0v) is 20.5. The first kappa shape index (κ1) is 23.7. The maximum Gasteiger partial charge on any atom is 0.418 e. The third-order valence-electron chi connectivity index (χ3n) is 7.51. The molecule has 1 aliphatic carbocycles. The van der Waals surface area contributed by atoms with E-state index in [0.29, 0.717) is 38.1 Å². The van der Waals surface area contributed by atoms with E-state index in [9.17, 15) is 18.0 Å². The molecule has 1 aliphatic heterocycles. The summed E-state index contributed by atoms with van der Waals surface area (Å²) in [5.41, 5.74) is 3.31. The van der Waals surface area contributed by atoms with Gasteiger partial charge >= 0.3 is 6.18 Å². The molecule has 0 spiro atoms. The number of carbonyl (C=O) groups excluding carboxylic acids is 1. The summed E-state index contributed by atoms with van der Waals surface area (Å²) in [5.74, 6) is -0.493. The smallest absolute Gasteiger partial charge is 0.368 e. The molecule has 6 rings (SSSR count). The fourth-order valence-corrected chi connectivity index (χ4v) is 5.59. The second-order valence-corrected chi connectivity index (χ2v) is 9.89. The Labute approximate surface area is 211 Å². The van der Waals surface area contributed by atoms with Gasteiger partial charge in [-0.15, -0.1) is 0 Å². The Balaban J connectivity index is 1.37. The van der Waals surface area contributed by atoms with Gasteiger partial charge in [-0.05, 0) is 74.2 Å². The van der Waals surface area contributed by atoms with Crippen molar-refractivity contribution in [2.75, 3.05) is 43.4 Å². The van der Waals surface area contributed by atoms with Crippen molar-refractivity contribution >= 4 is 39.1 Å². The van der Waals surface area contributed by atoms with Crippen LogP contribution in [-0.4, -0.2) is 59.2 Å². The average molecular weight is 509 g/mol. The molecule has 192 valence electrons. The molecule has 2 N–H and O–H groups in total. The first-order valence-corrected chi connectivity index (χ1v) is 12.5. The van der Waals surface area contributed by atoms with Crippen molar-refractivity contribution in [3.05, 3.63) is 58.9 Å². The van der Waals surface area contributed by atoms with E-state index < -0.39 is 17.6 Å². The van der Waals surface area contributed by atoms with E-state index in [2.05, 4.69) is 20.4 Å². The number of aromatic amines is 1. The average Bonchev–Trinajstić information content (AvgIpc) is 3.37. The third-order valence-corrected chi connectivity index (χ3v) is 7.51. The van der Waals surface area contributed by atoms with Crippen molar-refractivity contribution < 1.29 is 18.0 Å². The topological polar surface area (TPSA) is 77.1 Å². The van der Waals surface area contributed by atoms with Crippen LogP contribution in [0.4, 0.5) is 24.5 Å². The molecule has 0 atom stereocenters. The van der Waals surface area contributed by atoms with Gasteiger partial charge in [0, 0.05) is 48.3 Å². The van der Waals surface area contributed by atoms with Crippen LogP contribution in [0.3, 0.4) is 0 Å². The summed E-state index contributed by atoms with van der Waals surface area (Å²) in [6, 6.07) is 7.77. The number of fused-ring (bicyclic) bond motifs is 5. The number of benzene rings is 2. The highest BCUT2D eigenvalue weighted by atomic mass is 19.4. The lowest BCUT2D eigenvalue weighted by molar-refractivity contribution is -0.137. The first-order valence-electron chi connectivity index (χ1n) is 12.5. The van der Waals surface area contributed by atoms with Crippen LogP contribution in [0.2, 0.25) is 0 Å². The van der Waals surface area contributed by atoms with Crippen LogP contribution in [0.1, 0.15) is 40.0 Å². The Bertz CT molecular complexity index is 1500. The van der Waals surface area contributed by atoms with Crippen molar-refractivity contribution in [3.8, 4) is 0 Å². The zero-order valence-electron chi connectivity index (χ0n) is 20.5. The van der Waals surface area contributed by atoms with Gasteiger partial charge in [-0.3, -0.25) is 9.89 Å². The molecule has 2 aromatic heterocycles. The predicted octanol–water partition coefficient (Wildman–Crippen LogP) is 5.01. The lowest BCUT2D eigenvalue weighted by atomic mass is 9.87. The lowest BCUT2D eigenvalue weighted by Crippen LogP contribution is -2.45. The highest BCUT2D eigenvalue weighted by Crippen LogP contribution is 2.39. The molecule has 1 amide bonds. The van der Waals surface area contributed by atoms with Crippen molar-refractivity contribution in [1.82, 2.24) is 20.1 Å². The number of hydrogen-bond acceptors (Lipinski definition) is 5. The molecular formula is C27H27F3N6O. The molecule has 1 fully saturated rings. The number of alkyl halides is 3. The van der Waals surface area contributed by atoms with E-state index in [-0.39, 0.29) is 17.1 Å². The Kier molecular flexibility index (Phi) is 5.78. The lowest BCUT2D eigenvalue weighted by Gasteiger charge is -2.35. The number of hydrogen-bond donors (Lipinski definition) is 2. The van der Waals surface area contributed by atoms with E-state index in [0.717, 1.165) is 52.7 Å². The third kappa shape index (κ3) is 4.29. The molecule has 10 heteroatoms. The quantitative estimate of drug-likeness (QED) is 0.407. The molecule has 0 bridgehead atoms. The van der Waals surface area contributed by atoms with Gasteiger partial charge in [-0.25, -0.2) is 4.98 Å². The fraction of sp³-hybridized carbons (Fsp3) is 0.370. The van der Waals surface area contributed by atoms with Gasteiger partial charge in [-0.1, -0.05) is 0 Å². The summed E-state index contributed by atoms with van der Waals surface area (Å²) in [6.07, 6.45) is 0.677. The largest absolute Gasteiger partial charge is 0.418 e. The standard InChI is InChI=1S/C27H27F3N6O/c1-35-10-12-36(13-11-35)23-9-6-16(14-20(23)27(28,29)30)32-26(37)25-18-5-3-2-4-17(18)24-19-15-31-34-21(19)7-8-22(24)33-25/h6-9,14-15H,2-5,10-13H2,1H3,(H,31,34)(H,32,37). The number of halogens is 3. The second kappa shape index (κ2) is 9.02. The minimum atomic E-state index is -4.55. The SMILES string of the molecule is CN1CCN(c2ccc(NC(=O)c3nc4ccc5[nH]ncc5c4c4c3CCCC4)cc2C(F)(F)F)CC1. The highest BCUT2D eigenvalue weighted by Gasteiger charge is 2.36. The van der Waals surface area contributed by atoms with Crippen LogP contribution in [-0.2, 0) is 19.0 Å². The number of likely N-dealkylation sites (N-methyl/N-ethyl adjacent to an activating group) is 1. The summed E-state index contributed by atoms with van der Waals surface area (Å²) in [6.45, 7) is 2.42. The number of anilines is 2. The van der Waals surface area contributed by atoms with E-state index in [1.165, 1.54) is 6.07 Å². The minimum Gasteiger partial charge on any atom is -0.368 e. The number of amides is 1. The second-order valence-electron chi connectivity index (χ2n) is 9.89. The summed E-state index contributed by atoms with van der Waals surface area (Å²) in [7, 11) is 1.96. The molecule has 0 unspecified atom stereocenters. The van der Waals surface area contributed by atoms with Gasteiger partial charge in [0.1, 0.15) is 5.69 Å². The van der Waals surface area contributed by atoms with Crippen LogP contribution in [0.5, 0.6) is 0 Å². The summed E-state index contributed by atoms with van der Waals surface area (Å²) in [5, 5.41) is 11.8. The molecule has 2 aromatic carbocycles. The van der Waals surface area contributed by atoms with E-state index in [4.69, 9.17) is 4.98 Å². The molecule has 3 heterocycles. The van der Waals surface area contributed by atoms with Crippen molar-refractivity contribution in [2.45, 2.75) is 31.9 Å². The van der Waals surface area contributed by atoms with Gasteiger partial charge in [0.25, 0.3) is 5.91 Å². The Morgan fingerprint density at radius 1 is 1.03 bits per heavy atom. The molecule has 0 radical (unpaired) electrons. The molecule has 2 aliphatic rings. The predicted molar refractivity (Wildman–Crippen MR) is 137 cm³/mol. The first-order chi connectivity index (χ1) is 17.8. The number of aromatic nitrogens is 3. The molecule has 0 saturated carbocycles. The molecular weight excluding hydrogens is 481 g/mol.